The molecule has 1 aliphatic heterocycles. The predicted octanol–water partition coefficient (Wildman–Crippen LogP) is 8.35. The smallest absolute Gasteiger partial charge is 0.416 e. The third kappa shape index (κ3) is 9.48. The van der Waals surface area contributed by atoms with E-state index in [1.807, 2.05) is 0 Å². The van der Waals surface area contributed by atoms with E-state index in [1.54, 1.807) is 81.4 Å². The summed E-state index contributed by atoms with van der Waals surface area (Å²) in [6, 6.07) is 17.2. The summed E-state index contributed by atoms with van der Waals surface area (Å²) in [6.45, 7) is 5.78. The normalized spacial score (nSPS) is 20.6. The van der Waals surface area contributed by atoms with Crippen LogP contribution in [0.5, 0.6) is 0 Å². The number of nitrogens with one attached hydrogen (secondary N) is 1. The molecule has 1 heterocycles. The van der Waals surface area contributed by atoms with Crippen molar-refractivity contribution in [3.8, 4) is 0 Å². The van der Waals surface area contributed by atoms with E-state index in [0.717, 1.165) is 0 Å². The molecule has 3 aromatic rings. The summed E-state index contributed by atoms with van der Waals surface area (Å²) in [5.74, 6) is 0. The van der Waals surface area contributed by atoms with Gasteiger partial charge in [-0.2, -0.15) is 26.3 Å². The van der Waals surface area contributed by atoms with Crippen molar-refractivity contribution < 1.29 is 50.1 Å². The van der Waals surface area contributed by atoms with E-state index in [1.165, 1.54) is 11.8 Å². The van der Waals surface area contributed by atoms with E-state index in [0.29, 0.717) is 23.3 Å². The maximum Gasteiger partial charge on any atom is 0.416 e. The van der Waals surface area contributed by atoms with Gasteiger partial charge in [-0.05, 0) is 75.4 Å². The molecule has 8 nitrogen and oxygen atoms in total. The van der Waals surface area contributed by atoms with Gasteiger partial charge in [0.15, 0.2) is 0 Å². The first-order valence-corrected chi connectivity index (χ1v) is 16.0. The highest BCUT2D eigenvalue weighted by atomic mass is 19.4. The Morgan fingerprint density at radius 2 is 1.48 bits per heavy atom. The second-order valence-electron chi connectivity index (χ2n) is 13.2. The number of carbonyl (C=O) groups is 2. The average molecular weight is 710 g/mol. The molecule has 3 N–H and O–H groups in total. The average Bonchev–Trinajstić information content (AvgIpc) is 3.05. The fourth-order valence-electron chi connectivity index (χ4n) is 6.03. The van der Waals surface area contributed by atoms with Crippen molar-refractivity contribution in [2.75, 3.05) is 13.2 Å². The number of piperidine rings is 1. The van der Waals surface area contributed by atoms with Crippen LogP contribution in [0.4, 0.5) is 35.9 Å². The van der Waals surface area contributed by atoms with Crippen LogP contribution in [0.25, 0.3) is 0 Å². The lowest BCUT2D eigenvalue weighted by atomic mass is 9.76. The zero-order valence-electron chi connectivity index (χ0n) is 28.1. The molecule has 3 aromatic carbocycles. The van der Waals surface area contributed by atoms with Crippen LogP contribution < -0.4 is 11.1 Å². The molecule has 0 spiro atoms. The molecule has 0 bridgehead atoms. The summed E-state index contributed by atoms with van der Waals surface area (Å²) in [5.41, 5.74) is 2.03. The van der Waals surface area contributed by atoms with Crippen LogP contribution in [0, 0.1) is 0 Å². The molecule has 272 valence electrons. The van der Waals surface area contributed by atoms with Gasteiger partial charge in [0.2, 0.25) is 0 Å². The predicted molar refractivity (Wildman–Crippen MR) is 173 cm³/mol. The Bertz CT molecular complexity index is 1570. The van der Waals surface area contributed by atoms with Gasteiger partial charge in [-0.15, -0.1) is 0 Å². The molecule has 14 heteroatoms. The summed E-state index contributed by atoms with van der Waals surface area (Å²) in [7, 11) is 0. The Hall–Kier alpha value is -4.30. The van der Waals surface area contributed by atoms with Gasteiger partial charge >= 0.3 is 24.5 Å². The Labute approximate surface area is 286 Å². The lowest BCUT2D eigenvalue weighted by molar-refractivity contribution is -0.143. The molecular weight excluding hydrogens is 668 g/mol. The highest BCUT2D eigenvalue weighted by molar-refractivity contribution is 5.72. The van der Waals surface area contributed by atoms with Gasteiger partial charge in [0, 0.05) is 6.54 Å². The molecule has 1 fully saturated rings. The van der Waals surface area contributed by atoms with E-state index < -0.39 is 65.0 Å². The van der Waals surface area contributed by atoms with Crippen LogP contribution in [0.15, 0.2) is 78.9 Å². The van der Waals surface area contributed by atoms with Crippen LogP contribution in [-0.2, 0) is 38.7 Å². The molecular formula is C36H41F6N3O5. The lowest BCUT2D eigenvalue weighted by Crippen LogP contribution is -2.68. The number of alkyl carbamates (subject to hydrolysis) is 1. The fraction of sp³-hybridized carbons (Fsp3) is 0.444. The minimum absolute atomic E-state index is 0.0525. The second kappa shape index (κ2) is 15.3. The number of carbonyl (C=O) groups excluding carboxylic acids is 2. The largest absolute Gasteiger partial charge is 0.445 e. The van der Waals surface area contributed by atoms with Crippen molar-refractivity contribution in [1.29, 1.82) is 0 Å². The van der Waals surface area contributed by atoms with Gasteiger partial charge in [-0.1, -0.05) is 60.7 Å². The molecule has 4 rings (SSSR count). The van der Waals surface area contributed by atoms with Crippen molar-refractivity contribution in [2.45, 2.75) is 88.8 Å². The van der Waals surface area contributed by atoms with Crippen molar-refractivity contribution in [3.05, 3.63) is 107 Å². The SMILES string of the molecule is C[C@@H](OC[C@@]1(c2ccccc2)CC[C@H](NC(=O)OC(C)(C)C)[C@H](CN)N1C(=O)OCc1ccccc1)c1cc(C(F)(F)F)cc(C(F)(F)F)c1. The van der Waals surface area contributed by atoms with E-state index in [4.69, 9.17) is 19.9 Å². The Morgan fingerprint density at radius 1 is 0.920 bits per heavy atom. The maximum absolute atomic E-state index is 14.2. The van der Waals surface area contributed by atoms with Crippen molar-refractivity contribution in [2.24, 2.45) is 5.73 Å². The lowest BCUT2D eigenvalue weighted by Gasteiger charge is -2.53. The van der Waals surface area contributed by atoms with Crippen LogP contribution >= 0.6 is 0 Å². The van der Waals surface area contributed by atoms with Crippen LogP contribution in [-0.4, -0.2) is 47.9 Å². The van der Waals surface area contributed by atoms with Gasteiger partial charge in [0.25, 0.3) is 0 Å². The summed E-state index contributed by atoms with van der Waals surface area (Å²) < 4.78 is 99.4. The first kappa shape index (κ1) is 38.5. The number of amides is 2. The molecule has 0 saturated carbocycles. The molecule has 4 atom stereocenters. The number of rotatable bonds is 9. The van der Waals surface area contributed by atoms with E-state index in [-0.39, 0.29) is 44.2 Å². The highest BCUT2D eigenvalue weighted by Gasteiger charge is 2.52. The standard InChI is InChI=1S/C36H41F6N3O5/c1-23(25-17-27(35(37,38)39)19-28(18-25)36(40,41)42)49-22-34(26-13-9-6-10-14-26)16-15-29(44-31(46)50-33(2,3)4)30(20-43)45(34)32(47)48-21-24-11-7-5-8-12-24/h5-14,17-19,23,29-30H,15-16,20-22,43H2,1-4H3,(H,44,46)/t23-,29+,30+,34-/m1/s1. The molecule has 1 saturated heterocycles. The van der Waals surface area contributed by atoms with E-state index in [2.05, 4.69) is 5.32 Å². The number of nitrogens with two attached hydrogens (primary N) is 1. The number of nitrogens with zero attached hydrogens (tertiary/aromatic N) is 1. The van der Waals surface area contributed by atoms with Gasteiger partial charge in [-0.25, -0.2) is 9.59 Å². The van der Waals surface area contributed by atoms with Crippen LogP contribution in [0.3, 0.4) is 0 Å². The third-order valence-electron chi connectivity index (χ3n) is 8.43. The minimum Gasteiger partial charge on any atom is -0.445 e. The van der Waals surface area contributed by atoms with Crippen molar-refractivity contribution in [1.82, 2.24) is 10.2 Å². The Balaban J connectivity index is 1.76. The Morgan fingerprint density at radius 3 is 2.00 bits per heavy atom. The minimum atomic E-state index is -5.05. The third-order valence-corrected chi connectivity index (χ3v) is 8.43. The maximum atomic E-state index is 14.2. The number of halogens is 6. The number of benzene rings is 3. The zero-order chi connectivity index (χ0) is 36.9. The van der Waals surface area contributed by atoms with Gasteiger partial charge < -0.3 is 25.3 Å². The summed E-state index contributed by atoms with van der Waals surface area (Å²) in [5, 5.41) is 2.81. The van der Waals surface area contributed by atoms with Crippen molar-refractivity contribution >= 4 is 12.2 Å². The summed E-state index contributed by atoms with van der Waals surface area (Å²) in [4.78, 5) is 28.5. The topological polar surface area (TPSA) is 103 Å². The summed E-state index contributed by atoms with van der Waals surface area (Å²) in [6.07, 6.45) is -12.5. The quantitative estimate of drug-likeness (QED) is 0.217. The molecule has 50 heavy (non-hydrogen) atoms. The van der Waals surface area contributed by atoms with Crippen LogP contribution in [0.2, 0.25) is 0 Å². The highest BCUT2D eigenvalue weighted by Crippen LogP contribution is 2.43. The summed E-state index contributed by atoms with van der Waals surface area (Å²) >= 11 is 0. The van der Waals surface area contributed by atoms with E-state index >= 15 is 0 Å². The fourth-order valence-corrected chi connectivity index (χ4v) is 6.03. The van der Waals surface area contributed by atoms with Gasteiger partial charge in [-0.3, -0.25) is 4.90 Å². The first-order chi connectivity index (χ1) is 23.3. The first-order valence-electron chi connectivity index (χ1n) is 16.0. The zero-order valence-corrected chi connectivity index (χ0v) is 28.1. The molecule has 2 amide bonds. The number of hydrogen-bond acceptors (Lipinski definition) is 6. The molecule has 0 unspecified atom stereocenters. The molecule has 1 aliphatic rings. The second-order valence-corrected chi connectivity index (χ2v) is 13.2. The number of ether oxygens (including phenoxy) is 3. The van der Waals surface area contributed by atoms with Gasteiger partial charge in [0.1, 0.15) is 12.2 Å². The number of alkyl halides is 6. The van der Waals surface area contributed by atoms with Crippen molar-refractivity contribution in [3.63, 3.8) is 0 Å². The monoisotopic (exact) mass is 709 g/mol. The molecule has 0 aromatic heterocycles. The number of likely N-dealkylation sites (tertiary alicyclic amines) is 1. The Kier molecular flexibility index (Phi) is 11.8. The molecule has 0 aliphatic carbocycles. The van der Waals surface area contributed by atoms with Crippen LogP contribution in [0.1, 0.15) is 74.5 Å². The molecule has 0 radical (unpaired) electrons. The van der Waals surface area contributed by atoms with Gasteiger partial charge in [0.05, 0.1) is 41.5 Å². The van der Waals surface area contributed by atoms with E-state index in [9.17, 15) is 35.9 Å². The number of hydrogen-bond donors (Lipinski definition) is 2.